The number of carbonyl (C=O) groups is 1. The molecule has 0 fully saturated rings. The molecule has 0 saturated carbocycles. The third kappa shape index (κ3) is 8.11. The van der Waals surface area contributed by atoms with E-state index in [1.165, 1.54) is 12.8 Å². The first-order chi connectivity index (χ1) is 6.68. The minimum Gasteiger partial charge on any atom is -0.545 e. The van der Waals surface area contributed by atoms with Gasteiger partial charge in [0.25, 0.3) is 0 Å². The van der Waals surface area contributed by atoms with Crippen molar-refractivity contribution in [2.45, 2.75) is 44.9 Å². The van der Waals surface area contributed by atoms with E-state index in [9.17, 15) is 9.90 Å². The first-order valence-corrected chi connectivity index (χ1v) is 5.67. The van der Waals surface area contributed by atoms with Crippen LogP contribution in [-0.4, -0.2) is 11.8 Å². The third-order valence-electron chi connectivity index (χ3n) is 2.15. The van der Waals surface area contributed by atoms with E-state index in [1.54, 1.807) is 0 Å². The highest BCUT2D eigenvalue weighted by molar-refractivity contribution is 6.17. The Morgan fingerprint density at radius 3 is 2.07 bits per heavy atom. The van der Waals surface area contributed by atoms with Gasteiger partial charge >= 0.3 is 0 Å². The minimum atomic E-state index is -1.12. The van der Waals surface area contributed by atoms with Crippen molar-refractivity contribution >= 4 is 17.6 Å². The molecule has 2 nitrogen and oxygen atoms in total. The van der Waals surface area contributed by atoms with Gasteiger partial charge in [0.05, 0.1) is 5.97 Å². The van der Waals surface area contributed by atoms with Crippen LogP contribution in [0.2, 0.25) is 0 Å². The van der Waals surface area contributed by atoms with Gasteiger partial charge in [-0.2, -0.15) is 0 Å². The van der Waals surface area contributed by atoms with Gasteiger partial charge < -0.3 is 9.90 Å². The quantitative estimate of drug-likeness (QED) is 0.338. The summed E-state index contributed by atoms with van der Waals surface area (Å²) in [7, 11) is 0. The van der Waals surface area contributed by atoms with Crippen molar-refractivity contribution in [1.29, 1.82) is 0 Å². The largest absolute Gasteiger partial charge is 0.545 e. The molecule has 0 amide bonds. The molecule has 0 aromatic heterocycles. The van der Waals surface area contributed by atoms with E-state index in [4.69, 9.17) is 11.6 Å². The van der Waals surface area contributed by atoms with Gasteiger partial charge in [-0.25, -0.2) is 0 Å². The Morgan fingerprint density at radius 1 is 1.07 bits per heavy atom. The molecule has 0 saturated heterocycles. The fourth-order valence-corrected chi connectivity index (χ4v) is 1.43. The normalized spacial score (nSPS) is 10.1. The first kappa shape index (κ1) is 13.5. The molecule has 0 N–H and O–H groups in total. The van der Waals surface area contributed by atoms with Crippen molar-refractivity contribution in [3.8, 4) is 0 Å². The Hall–Kier alpha value is -0.500. The monoisotopic (exact) mass is 217 g/mol. The summed E-state index contributed by atoms with van der Waals surface area (Å²) in [6, 6.07) is 0. The summed E-state index contributed by atoms with van der Waals surface area (Å²) in [5.41, 5.74) is 0.214. The smallest absolute Gasteiger partial charge is 0.0668 e. The van der Waals surface area contributed by atoms with Crippen LogP contribution in [-0.2, 0) is 4.79 Å². The number of carboxylic acids is 1. The van der Waals surface area contributed by atoms with E-state index in [2.05, 4.69) is 6.58 Å². The number of carbonyl (C=O) groups excluding carboxylic acids is 1. The van der Waals surface area contributed by atoms with Crippen LogP contribution in [0.1, 0.15) is 44.9 Å². The lowest BCUT2D eigenvalue weighted by molar-refractivity contribution is -0.299. The van der Waals surface area contributed by atoms with Crippen LogP contribution >= 0.6 is 11.6 Å². The number of aliphatic carboxylic acids is 1. The van der Waals surface area contributed by atoms with Crippen molar-refractivity contribution in [3.63, 3.8) is 0 Å². The Kier molecular flexibility index (Phi) is 8.75. The highest BCUT2D eigenvalue weighted by Gasteiger charge is 1.95. The first-order valence-electron chi connectivity index (χ1n) is 5.13. The Labute approximate surface area is 91.0 Å². The molecule has 0 aromatic rings. The minimum absolute atomic E-state index is 0.214. The van der Waals surface area contributed by atoms with Crippen molar-refractivity contribution < 1.29 is 9.90 Å². The molecule has 14 heavy (non-hydrogen) atoms. The number of halogens is 1. The molecule has 0 unspecified atom stereocenters. The predicted octanol–water partition coefficient (Wildman–Crippen LogP) is 2.26. The molecule has 0 rings (SSSR count). The second-order valence-electron chi connectivity index (χ2n) is 3.45. The summed E-state index contributed by atoms with van der Waals surface area (Å²) in [6.45, 7) is 3.42. The van der Waals surface area contributed by atoms with Crippen molar-refractivity contribution in [1.82, 2.24) is 0 Å². The van der Waals surface area contributed by atoms with Crippen LogP contribution in [0.4, 0.5) is 0 Å². The van der Waals surface area contributed by atoms with Crippen LogP contribution in [0.5, 0.6) is 0 Å². The Bertz CT molecular complexity index is 178. The molecular weight excluding hydrogens is 200 g/mol. The van der Waals surface area contributed by atoms with E-state index < -0.39 is 5.97 Å². The number of hydrogen-bond donors (Lipinski definition) is 0. The fraction of sp³-hybridized carbons (Fsp3) is 0.727. The molecule has 0 aromatic carbocycles. The van der Waals surface area contributed by atoms with Crippen molar-refractivity contribution in [2.75, 3.05) is 5.88 Å². The molecule has 0 aliphatic heterocycles. The number of rotatable bonds is 9. The summed E-state index contributed by atoms with van der Waals surface area (Å²) in [4.78, 5) is 10.3. The molecule has 0 bridgehead atoms. The highest BCUT2D eigenvalue weighted by atomic mass is 35.5. The zero-order valence-corrected chi connectivity index (χ0v) is 9.31. The number of hydrogen-bond acceptors (Lipinski definition) is 2. The maximum absolute atomic E-state index is 10.3. The molecule has 0 aliphatic rings. The fourth-order valence-electron chi connectivity index (χ4n) is 1.24. The molecule has 0 spiro atoms. The topological polar surface area (TPSA) is 40.1 Å². The van der Waals surface area contributed by atoms with Crippen LogP contribution in [0.25, 0.3) is 0 Å². The summed E-state index contributed by atoms with van der Waals surface area (Å²) < 4.78 is 0. The van der Waals surface area contributed by atoms with Gasteiger partial charge in [-0.05, 0) is 24.8 Å². The Balaban J connectivity index is 3.13. The summed E-state index contributed by atoms with van der Waals surface area (Å²) in [5, 5.41) is 10.3. The molecule has 0 heterocycles. The number of alkyl halides is 1. The average Bonchev–Trinajstić information content (AvgIpc) is 2.16. The van der Waals surface area contributed by atoms with Gasteiger partial charge in [-0.3, -0.25) is 0 Å². The van der Waals surface area contributed by atoms with E-state index in [0.717, 1.165) is 31.6 Å². The second kappa shape index (κ2) is 9.07. The number of carboxylic acid groups (broad SMARTS) is 1. The van der Waals surface area contributed by atoms with Gasteiger partial charge in [-0.1, -0.05) is 32.3 Å². The van der Waals surface area contributed by atoms with Gasteiger partial charge in [0.2, 0.25) is 0 Å². The molecule has 3 heteroatoms. The average molecular weight is 218 g/mol. The standard InChI is InChI=1S/C11H19ClO2/c1-10(11(13)14)8-6-4-2-3-5-7-9-12/h1-9H2,(H,13,14)/p-1. The maximum atomic E-state index is 10.3. The van der Waals surface area contributed by atoms with E-state index in [0.29, 0.717) is 6.42 Å². The van der Waals surface area contributed by atoms with Crippen LogP contribution in [0.3, 0.4) is 0 Å². The van der Waals surface area contributed by atoms with Crippen molar-refractivity contribution in [3.05, 3.63) is 12.2 Å². The van der Waals surface area contributed by atoms with Crippen molar-refractivity contribution in [2.24, 2.45) is 0 Å². The van der Waals surface area contributed by atoms with E-state index >= 15 is 0 Å². The maximum Gasteiger partial charge on any atom is 0.0668 e. The van der Waals surface area contributed by atoms with Crippen LogP contribution < -0.4 is 5.11 Å². The Morgan fingerprint density at radius 2 is 1.57 bits per heavy atom. The van der Waals surface area contributed by atoms with E-state index in [-0.39, 0.29) is 5.57 Å². The summed E-state index contributed by atoms with van der Waals surface area (Å²) in [5.74, 6) is -0.381. The summed E-state index contributed by atoms with van der Waals surface area (Å²) >= 11 is 5.53. The molecule has 0 radical (unpaired) electrons. The molecule has 0 aliphatic carbocycles. The highest BCUT2D eigenvalue weighted by Crippen LogP contribution is 2.10. The molecular formula is C11H18ClO2-. The third-order valence-corrected chi connectivity index (χ3v) is 2.42. The van der Waals surface area contributed by atoms with Gasteiger partial charge in [0.15, 0.2) is 0 Å². The van der Waals surface area contributed by atoms with Gasteiger partial charge in [-0.15, -0.1) is 11.6 Å². The summed E-state index contributed by atoms with van der Waals surface area (Å²) in [6.07, 6.45) is 7.10. The lowest BCUT2D eigenvalue weighted by Gasteiger charge is -2.05. The SMILES string of the molecule is C=C(CCCCCCCCCl)C(=O)[O-]. The number of unbranched alkanes of at least 4 members (excludes halogenated alkanes) is 5. The van der Waals surface area contributed by atoms with Crippen LogP contribution in [0.15, 0.2) is 12.2 Å². The lowest BCUT2D eigenvalue weighted by atomic mass is 10.1. The lowest BCUT2D eigenvalue weighted by Crippen LogP contribution is -2.23. The molecule has 82 valence electrons. The predicted molar refractivity (Wildman–Crippen MR) is 57.2 cm³/mol. The second-order valence-corrected chi connectivity index (χ2v) is 3.83. The van der Waals surface area contributed by atoms with E-state index in [1.807, 2.05) is 0 Å². The van der Waals surface area contributed by atoms with Gasteiger partial charge in [0.1, 0.15) is 0 Å². The van der Waals surface area contributed by atoms with Crippen LogP contribution in [0, 0.1) is 0 Å². The zero-order valence-electron chi connectivity index (χ0n) is 8.56. The zero-order chi connectivity index (χ0) is 10.8. The molecule has 0 atom stereocenters. The van der Waals surface area contributed by atoms with Gasteiger partial charge in [0, 0.05) is 5.88 Å².